The number of hydrogen-bond acceptors (Lipinski definition) is 6. The van der Waals surface area contributed by atoms with Crippen LogP contribution >= 0.6 is 0 Å². The molecule has 0 amide bonds. The first-order valence-electron chi connectivity index (χ1n) is 8.34. The Morgan fingerprint density at radius 1 is 1.26 bits per heavy atom. The highest BCUT2D eigenvalue weighted by Gasteiger charge is 2.68. The molecule has 4 rings (SSSR count). The molecule has 6 nitrogen and oxygen atoms in total. The van der Waals surface area contributed by atoms with Crippen LogP contribution in [-0.2, 0) is 19.1 Å². The Morgan fingerprint density at radius 3 is 2.74 bits per heavy atom. The predicted octanol–water partition coefficient (Wildman–Crippen LogP) is 0.703. The number of cyclic esters (lactones) is 1. The molecule has 0 radical (unpaired) electrons. The number of fused-ring (bicyclic) bond motifs is 4. The van der Waals surface area contributed by atoms with Crippen LogP contribution in [-0.4, -0.2) is 46.4 Å². The lowest BCUT2D eigenvalue weighted by Gasteiger charge is -2.58. The maximum atomic E-state index is 13.3. The van der Waals surface area contributed by atoms with Gasteiger partial charge in [-0.15, -0.1) is 0 Å². The second-order valence-corrected chi connectivity index (χ2v) is 7.59. The third-order valence-electron chi connectivity index (χ3n) is 6.72. The molecule has 6 atom stereocenters. The molecule has 0 aromatic rings. The van der Waals surface area contributed by atoms with Crippen molar-refractivity contribution in [2.75, 3.05) is 6.61 Å². The van der Waals surface area contributed by atoms with Gasteiger partial charge in [0.05, 0.1) is 5.60 Å². The topological polar surface area (TPSA) is 93.1 Å². The second kappa shape index (κ2) is 4.57. The van der Waals surface area contributed by atoms with Crippen molar-refractivity contribution in [2.45, 2.75) is 57.3 Å². The van der Waals surface area contributed by atoms with Crippen molar-refractivity contribution in [2.24, 2.45) is 17.3 Å². The summed E-state index contributed by atoms with van der Waals surface area (Å²) in [4.78, 5) is 25.3. The smallest absolute Gasteiger partial charge is 0.345 e. The first kappa shape index (κ1) is 15.1. The molecule has 2 heterocycles. The van der Waals surface area contributed by atoms with Crippen LogP contribution in [0, 0.1) is 17.3 Å². The number of esters is 1. The van der Waals surface area contributed by atoms with Crippen LogP contribution in [0.25, 0.3) is 0 Å². The summed E-state index contributed by atoms with van der Waals surface area (Å²) >= 11 is 0. The van der Waals surface area contributed by atoms with Crippen molar-refractivity contribution in [3.8, 4) is 0 Å². The van der Waals surface area contributed by atoms with Gasteiger partial charge in [-0.05, 0) is 12.8 Å². The lowest BCUT2D eigenvalue weighted by atomic mass is 9.48. The van der Waals surface area contributed by atoms with Gasteiger partial charge in [-0.1, -0.05) is 26.7 Å². The minimum absolute atomic E-state index is 0.0242. The van der Waals surface area contributed by atoms with E-state index in [1.165, 1.54) is 0 Å². The van der Waals surface area contributed by atoms with Gasteiger partial charge in [0.15, 0.2) is 11.5 Å². The molecule has 2 aliphatic heterocycles. The Bertz CT molecular complexity index is 625. The predicted molar refractivity (Wildman–Crippen MR) is 78.1 cm³/mol. The van der Waals surface area contributed by atoms with Crippen molar-refractivity contribution in [3.63, 3.8) is 0 Å². The fourth-order valence-electron chi connectivity index (χ4n) is 5.24. The Balaban J connectivity index is 1.91. The molecule has 0 aromatic heterocycles. The Hall–Kier alpha value is -1.40. The molecule has 2 N–H and O–H groups in total. The van der Waals surface area contributed by atoms with E-state index in [9.17, 15) is 19.8 Å². The number of carbonyl (C=O) groups is 2. The van der Waals surface area contributed by atoms with Crippen LogP contribution in [0.4, 0.5) is 0 Å². The summed E-state index contributed by atoms with van der Waals surface area (Å²) in [6, 6.07) is 0. The van der Waals surface area contributed by atoms with Crippen molar-refractivity contribution < 1.29 is 29.3 Å². The van der Waals surface area contributed by atoms with Gasteiger partial charge in [0.25, 0.3) is 0 Å². The Labute approximate surface area is 134 Å². The molecule has 0 spiro atoms. The van der Waals surface area contributed by atoms with Gasteiger partial charge >= 0.3 is 5.97 Å². The van der Waals surface area contributed by atoms with Crippen molar-refractivity contribution in [1.82, 2.24) is 0 Å². The molecule has 2 saturated carbocycles. The van der Waals surface area contributed by atoms with E-state index in [4.69, 9.17) is 9.47 Å². The van der Waals surface area contributed by atoms with E-state index in [1.807, 2.05) is 13.8 Å². The van der Waals surface area contributed by atoms with Gasteiger partial charge < -0.3 is 19.7 Å². The number of aliphatic hydroxyl groups is 2. The number of rotatable bonds is 0. The molecule has 126 valence electrons. The minimum atomic E-state index is -1.34. The van der Waals surface area contributed by atoms with E-state index in [1.54, 1.807) is 0 Å². The van der Waals surface area contributed by atoms with Crippen LogP contribution in [0.15, 0.2) is 11.3 Å². The highest BCUT2D eigenvalue weighted by molar-refractivity contribution is 6.21. The highest BCUT2D eigenvalue weighted by atomic mass is 16.6. The Kier molecular flexibility index (Phi) is 3.01. The quantitative estimate of drug-likeness (QED) is 0.504. The summed E-state index contributed by atoms with van der Waals surface area (Å²) in [7, 11) is 0. The molecule has 23 heavy (non-hydrogen) atoms. The van der Waals surface area contributed by atoms with Gasteiger partial charge in [-0.25, -0.2) is 4.79 Å². The number of Topliss-reactive ketones (excluding diaryl/α,β-unsaturated/α-hetero) is 1. The lowest BCUT2D eigenvalue weighted by molar-refractivity contribution is -0.248. The van der Waals surface area contributed by atoms with E-state index in [0.717, 1.165) is 12.8 Å². The molecule has 0 unspecified atom stereocenters. The zero-order chi connectivity index (χ0) is 16.6. The van der Waals surface area contributed by atoms with Crippen molar-refractivity contribution in [3.05, 3.63) is 11.3 Å². The number of ketones is 1. The molecule has 0 saturated heterocycles. The standard InChI is InChI=1S/C17H22O6/c1-8-12-14(19)17(21)6-4-3-5-10(17)16(8,2)13(18)11-9(23-12)7-22-15(11)20/h8,10,12,14,19,21H,3-7H2,1-2H3/t8-,10+,12+,14-,16-,17+/m1/s1. The monoisotopic (exact) mass is 322 g/mol. The molecule has 4 aliphatic rings. The Morgan fingerprint density at radius 2 is 2.00 bits per heavy atom. The van der Waals surface area contributed by atoms with Gasteiger partial charge in [0.1, 0.15) is 24.4 Å². The van der Waals surface area contributed by atoms with Crippen molar-refractivity contribution >= 4 is 11.8 Å². The number of ether oxygens (including phenoxy) is 2. The van der Waals surface area contributed by atoms with Gasteiger partial charge in [-0.3, -0.25) is 4.79 Å². The molecule has 2 bridgehead atoms. The van der Waals surface area contributed by atoms with E-state index in [-0.39, 0.29) is 35.6 Å². The SMILES string of the molecule is C[C@@H]1[C@@H]2OC3=C(C(=O)OC3)C(=O)[C@@]1(C)[C@@H]1CCCC[C@@]1(O)[C@@H]2O. The zero-order valence-electron chi connectivity index (χ0n) is 13.4. The molecular weight excluding hydrogens is 300 g/mol. The molecule has 6 heteroatoms. The van der Waals surface area contributed by atoms with E-state index < -0.39 is 29.2 Å². The molecule has 0 aromatic carbocycles. The second-order valence-electron chi connectivity index (χ2n) is 7.59. The van der Waals surface area contributed by atoms with Crippen LogP contribution < -0.4 is 0 Å². The maximum Gasteiger partial charge on any atom is 0.345 e. The van der Waals surface area contributed by atoms with E-state index >= 15 is 0 Å². The summed E-state index contributed by atoms with van der Waals surface area (Å²) in [5, 5.41) is 22.0. The molecule has 2 fully saturated rings. The third-order valence-corrected chi connectivity index (χ3v) is 6.72. The first-order chi connectivity index (χ1) is 10.8. The van der Waals surface area contributed by atoms with Gasteiger partial charge in [-0.2, -0.15) is 0 Å². The summed E-state index contributed by atoms with van der Waals surface area (Å²) in [5.41, 5.74) is -2.31. The van der Waals surface area contributed by atoms with Crippen LogP contribution in [0.2, 0.25) is 0 Å². The highest BCUT2D eigenvalue weighted by Crippen LogP contribution is 2.59. The zero-order valence-corrected chi connectivity index (χ0v) is 13.4. The van der Waals surface area contributed by atoms with Crippen LogP contribution in [0.5, 0.6) is 0 Å². The number of aliphatic hydroxyl groups excluding tert-OH is 1. The summed E-state index contributed by atoms with van der Waals surface area (Å²) in [6.45, 7) is 3.60. The van der Waals surface area contributed by atoms with Crippen molar-refractivity contribution in [1.29, 1.82) is 0 Å². The molecular formula is C17H22O6. The van der Waals surface area contributed by atoms with E-state index in [2.05, 4.69) is 0 Å². The summed E-state index contributed by atoms with van der Waals surface area (Å²) in [5.74, 6) is -1.43. The summed E-state index contributed by atoms with van der Waals surface area (Å²) < 4.78 is 10.8. The fraction of sp³-hybridized carbons (Fsp3) is 0.765. The summed E-state index contributed by atoms with van der Waals surface area (Å²) in [6.07, 6.45) is 1.02. The first-order valence-corrected chi connectivity index (χ1v) is 8.34. The number of hydrogen-bond donors (Lipinski definition) is 2. The average Bonchev–Trinajstić information content (AvgIpc) is 2.86. The van der Waals surface area contributed by atoms with Crippen LogP contribution in [0.3, 0.4) is 0 Å². The fourth-order valence-corrected chi connectivity index (χ4v) is 5.24. The third kappa shape index (κ3) is 1.66. The average molecular weight is 322 g/mol. The minimum Gasteiger partial charge on any atom is -0.487 e. The van der Waals surface area contributed by atoms with Crippen LogP contribution in [0.1, 0.15) is 39.5 Å². The maximum absolute atomic E-state index is 13.3. The molecule has 2 aliphatic carbocycles. The number of carbonyl (C=O) groups excluding carboxylic acids is 2. The lowest BCUT2D eigenvalue weighted by Crippen LogP contribution is -2.69. The normalized spacial score (nSPS) is 49.0. The largest absolute Gasteiger partial charge is 0.487 e. The van der Waals surface area contributed by atoms with Gasteiger partial charge in [0, 0.05) is 17.3 Å². The van der Waals surface area contributed by atoms with E-state index in [0.29, 0.717) is 12.8 Å². The van der Waals surface area contributed by atoms with Gasteiger partial charge in [0.2, 0.25) is 0 Å².